The minimum Gasteiger partial charge on any atom is -0.462 e. The van der Waals surface area contributed by atoms with Crippen LogP contribution in [0.1, 0.15) is 445 Å². The molecule has 0 spiro atoms. The van der Waals surface area contributed by atoms with Crippen LogP contribution in [-0.4, -0.2) is 96.7 Å². The number of carbonyl (C=O) groups is 4. The molecule has 2 unspecified atom stereocenters. The van der Waals surface area contributed by atoms with Crippen LogP contribution in [-0.2, 0) is 65.4 Å². The van der Waals surface area contributed by atoms with Gasteiger partial charge in [0.1, 0.15) is 19.3 Å². The van der Waals surface area contributed by atoms with Gasteiger partial charge in [-0.1, -0.05) is 394 Å². The van der Waals surface area contributed by atoms with Gasteiger partial charge in [-0.3, -0.25) is 37.3 Å². The van der Waals surface area contributed by atoms with Gasteiger partial charge in [0.05, 0.1) is 26.4 Å². The molecular formula is C82H160O17P2. The summed E-state index contributed by atoms with van der Waals surface area (Å²) in [4.78, 5) is 73.0. The van der Waals surface area contributed by atoms with Crippen LogP contribution in [0.25, 0.3) is 0 Å². The first-order chi connectivity index (χ1) is 49.2. The van der Waals surface area contributed by atoms with Gasteiger partial charge in [-0.25, -0.2) is 9.13 Å². The Morgan fingerprint density at radius 2 is 0.396 bits per heavy atom. The standard InChI is InChI=1S/C82H160O17P2/c1-5-9-13-17-21-25-28-31-34-36-37-38-40-43-46-49-53-57-61-65-69-82(87)99-78(73-93-80(85)67-63-59-55-51-47-44-42-39-35-32-29-26-22-18-14-10-6-2)75-97-101(90,91)95-71-76(83)70-94-100(88,89)96-74-77(72-92-79(84)66-62-58-54-50-24-20-16-12-8-4)98-81(86)68-64-60-56-52-48-45-41-33-30-27-23-19-15-11-7-3/h76-78,83H,5-75H2,1-4H3,(H,88,89)(H,90,91)/t76-,77+,78+/m0/s1. The summed E-state index contributed by atoms with van der Waals surface area (Å²) < 4.78 is 68.7. The minimum atomic E-state index is -4.96. The molecule has 101 heavy (non-hydrogen) atoms. The highest BCUT2D eigenvalue weighted by Crippen LogP contribution is 2.45. The Labute approximate surface area is 619 Å². The second-order valence-corrected chi connectivity index (χ2v) is 32.4. The number of esters is 4. The number of phosphoric acid groups is 2. The highest BCUT2D eigenvalue weighted by Gasteiger charge is 2.30. The molecule has 0 aliphatic rings. The maximum Gasteiger partial charge on any atom is 0.472 e. The van der Waals surface area contributed by atoms with Crippen LogP contribution >= 0.6 is 15.6 Å². The van der Waals surface area contributed by atoms with Crippen molar-refractivity contribution in [1.29, 1.82) is 0 Å². The molecule has 0 fully saturated rings. The van der Waals surface area contributed by atoms with Crippen molar-refractivity contribution in [3.8, 4) is 0 Å². The predicted octanol–water partition coefficient (Wildman–Crippen LogP) is 25.0. The fraction of sp³-hybridized carbons (Fsp3) is 0.951. The molecule has 0 aromatic rings. The maximum absolute atomic E-state index is 13.1. The van der Waals surface area contributed by atoms with E-state index in [1.165, 1.54) is 276 Å². The van der Waals surface area contributed by atoms with Crippen LogP contribution in [0.15, 0.2) is 0 Å². The summed E-state index contributed by atoms with van der Waals surface area (Å²) in [7, 11) is -9.92. The van der Waals surface area contributed by atoms with E-state index in [1.54, 1.807) is 0 Å². The first-order valence-corrected chi connectivity index (χ1v) is 45.8. The molecule has 0 radical (unpaired) electrons. The molecule has 0 heterocycles. The third-order valence-electron chi connectivity index (χ3n) is 19.4. The predicted molar refractivity (Wildman–Crippen MR) is 414 cm³/mol. The lowest BCUT2D eigenvalue weighted by atomic mass is 10.0. The molecular weight excluding hydrogens is 1320 g/mol. The Balaban J connectivity index is 5.21. The molecule has 0 aromatic carbocycles. The van der Waals surface area contributed by atoms with E-state index in [4.69, 9.17) is 37.0 Å². The van der Waals surface area contributed by atoms with E-state index in [9.17, 15) is 43.2 Å². The number of hydrogen-bond acceptors (Lipinski definition) is 15. The van der Waals surface area contributed by atoms with Gasteiger partial charge in [0, 0.05) is 25.7 Å². The van der Waals surface area contributed by atoms with Crippen LogP contribution in [0.2, 0.25) is 0 Å². The van der Waals surface area contributed by atoms with E-state index >= 15 is 0 Å². The van der Waals surface area contributed by atoms with Crippen LogP contribution in [0, 0.1) is 0 Å². The van der Waals surface area contributed by atoms with E-state index < -0.39 is 97.5 Å². The first kappa shape index (κ1) is 99.1. The van der Waals surface area contributed by atoms with Gasteiger partial charge in [-0.15, -0.1) is 0 Å². The lowest BCUT2D eigenvalue weighted by molar-refractivity contribution is -0.161. The fourth-order valence-electron chi connectivity index (χ4n) is 12.8. The summed E-state index contributed by atoms with van der Waals surface area (Å²) in [6, 6.07) is 0. The normalized spacial score (nSPS) is 13.8. The fourth-order valence-corrected chi connectivity index (χ4v) is 14.4. The Morgan fingerprint density at radius 3 is 0.584 bits per heavy atom. The van der Waals surface area contributed by atoms with E-state index in [0.717, 1.165) is 89.9 Å². The largest absolute Gasteiger partial charge is 0.472 e. The van der Waals surface area contributed by atoms with Gasteiger partial charge < -0.3 is 33.8 Å². The molecule has 0 rings (SSSR count). The van der Waals surface area contributed by atoms with Crippen molar-refractivity contribution in [1.82, 2.24) is 0 Å². The van der Waals surface area contributed by atoms with Crippen LogP contribution < -0.4 is 0 Å². The zero-order valence-electron chi connectivity index (χ0n) is 65.9. The number of phosphoric ester groups is 2. The number of hydrogen-bond donors (Lipinski definition) is 3. The molecule has 0 aliphatic heterocycles. The summed E-state index contributed by atoms with van der Waals surface area (Å²) >= 11 is 0. The minimum absolute atomic E-state index is 0.109. The Kier molecular flexibility index (Phi) is 74.8. The lowest BCUT2D eigenvalue weighted by Gasteiger charge is -2.21. The molecule has 0 amide bonds. The van der Waals surface area contributed by atoms with Crippen molar-refractivity contribution in [2.24, 2.45) is 0 Å². The van der Waals surface area contributed by atoms with Gasteiger partial charge in [0.25, 0.3) is 0 Å². The molecule has 600 valence electrons. The van der Waals surface area contributed by atoms with Gasteiger partial charge in [0.15, 0.2) is 12.2 Å². The maximum atomic E-state index is 13.1. The van der Waals surface area contributed by atoms with Crippen LogP contribution in [0.3, 0.4) is 0 Å². The molecule has 0 bridgehead atoms. The molecule has 17 nitrogen and oxygen atoms in total. The van der Waals surface area contributed by atoms with Crippen molar-refractivity contribution in [3.63, 3.8) is 0 Å². The number of aliphatic hydroxyl groups is 1. The number of aliphatic hydroxyl groups excluding tert-OH is 1. The molecule has 3 N–H and O–H groups in total. The van der Waals surface area contributed by atoms with Crippen molar-refractivity contribution in [3.05, 3.63) is 0 Å². The summed E-state index contributed by atoms with van der Waals surface area (Å²) in [5, 5.41) is 10.6. The Hall–Kier alpha value is -1.94. The summed E-state index contributed by atoms with van der Waals surface area (Å²) in [5.74, 6) is -2.10. The van der Waals surface area contributed by atoms with E-state index in [1.807, 2.05) is 0 Å². The molecule has 5 atom stereocenters. The lowest BCUT2D eigenvalue weighted by Crippen LogP contribution is -2.30. The number of rotatable bonds is 83. The zero-order valence-corrected chi connectivity index (χ0v) is 67.7. The highest BCUT2D eigenvalue weighted by atomic mass is 31.2. The van der Waals surface area contributed by atoms with E-state index in [2.05, 4.69) is 27.7 Å². The second-order valence-electron chi connectivity index (χ2n) is 29.5. The molecule has 19 heteroatoms. The zero-order chi connectivity index (χ0) is 73.9. The number of carbonyl (C=O) groups excluding carboxylic acids is 4. The average Bonchev–Trinajstić information content (AvgIpc) is 0.971. The Bertz CT molecular complexity index is 1910. The highest BCUT2D eigenvalue weighted by molar-refractivity contribution is 7.47. The third kappa shape index (κ3) is 76.1. The quantitative estimate of drug-likeness (QED) is 0.0222. The van der Waals surface area contributed by atoms with Crippen molar-refractivity contribution >= 4 is 39.5 Å². The van der Waals surface area contributed by atoms with Gasteiger partial charge in [0.2, 0.25) is 0 Å². The topological polar surface area (TPSA) is 237 Å². The van der Waals surface area contributed by atoms with Crippen LogP contribution in [0.5, 0.6) is 0 Å². The third-order valence-corrected chi connectivity index (χ3v) is 21.3. The number of ether oxygens (including phenoxy) is 4. The summed E-state index contributed by atoms with van der Waals surface area (Å²) in [6.07, 6.45) is 69.4. The monoisotopic (exact) mass is 1480 g/mol. The SMILES string of the molecule is CCCCCCCCCCCCCCCCCCCCCCC(=O)O[C@H](COC(=O)CCCCCCCCCCCCCCCCCCC)COP(=O)(O)OC[C@@H](O)COP(=O)(O)OC[C@@H](COC(=O)CCCCCCCCCCC)OC(=O)CCCCCCCCCCCCCCCCC. The van der Waals surface area contributed by atoms with Gasteiger partial charge >= 0.3 is 39.5 Å². The van der Waals surface area contributed by atoms with Crippen molar-refractivity contribution in [2.75, 3.05) is 39.6 Å². The summed E-state index contributed by atoms with van der Waals surface area (Å²) in [5.41, 5.74) is 0. The molecule has 0 aromatic heterocycles. The number of unbranched alkanes of at least 4 members (excludes halogenated alkanes) is 57. The summed E-state index contributed by atoms with van der Waals surface area (Å²) in [6.45, 7) is 5.02. The average molecular weight is 1480 g/mol. The van der Waals surface area contributed by atoms with Crippen molar-refractivity contribution < 1.29 is 80.2 Å². The molecule has 0 aliphatic carbocycles. The molecule has 0 saturated heterocycles. The second kappa shape index (κ2) is 76.3. The Morgan fingerprint density at radius 1 is 0.238 bits per heavy atom. The van der Waals surface area contributed by atoms with Crippen LogP contribution in [0.4, 0.5) is 0 Å². The molecule has 0 saturated carbocycles. The van der Waals surface area contributed by atoms with Crippen molar-refractivity contribution in [2.45, 2.75) is 463 Å². The smallest absolute Gasteiger partial charge is 0.462 e. The van der Waals surface area contributed by atoms with E-state index in [0.29, 0.717) is 25.7 Å². The van der Waals surface area contributed by atoms with Gasteiger partial charge in [-0.2, -0.15) is 0 Å². The van der Waals surface area contributed by atoms with E-state index in [-0.39, 0.29) is 25.7 Å². The van der Waals surface area contributed by atoms with Gasteiger partial charge in [-0.05, 0) is 25.7 Å². The first-order valence-electron chi connectivity index (χ1n) is 42.8.